The Morgan fingerprint density at radius 2 is 2.16 bits per heavy atom. The van der Waals surface area contributed by atoms with Crippen LogP contribution in [0.15, 0.2) is 24.3 Å². The summed E-state index contributed by atoms with van der Waals surface area (Å²) in [5.41, 5.74) is 7.23. The minimum Gasteiger partial charge on any atom is -0.379 e. The molecular formula is C13H15N3O3. The summed E-state index contributed by atoms with van der Waals surface area (Å²) < 4.78 is 5.22. The van der Waals surface area contributed by atoms with Gasteiger partial charge in [-0.3, -0.25) is 9.59 Å². The minimum atomic E-state index is -0.376. The summed E-state index contributed by atoms with van der Waals surface area (Å²) >= 11 is 0. The third-order valence-corrected chi connectivity index (χ3v) is 3.48. The van der Waals surface area contributed by atoms with Crippen molar-refractivity contribution in [3.8, 4) is 0 Å². The summed E-state index contributed by atoms with van der Waals surface area (Å²) in [6, 6.07) is 6.94. The number of hydrogen-bond acceptors (Lipinski definition) is 4. The second kappa shape index (κ2) is 4.64. The maximum atomic E-state index is 12.5. The Kier molecular flexibility index (Phi) is 2.96. The lowest BCUT2D eigenvalue weighted by Gasteiger charge is -2.31. The van der Waals surface area contributed by atoms with Crippen LogP contribution in [0.3, 0.4) is 0 Å². The van der Waals surface area contributed by atoms with E-state index < -0.39 is 0 Å². The summed E-state index contributed by atoms with van der Waals surface area (Å²) in [5.74, 6) is -0.717. The summed E-state index contributed by atoms with van der Waals surface area (Å²) in [4.78, 5) is 25.7. The van der Waals surface area contributed by atoms with Crippen molar-refractivity contribution < 1.29 is 14.3 Å². The third-order valence-electron chi connectivity index (χ3n) is 3.48. The molecule has 2 aliphatic heterocycles. The molecule has 0 spiro atoms. The monoisotopic (exact) mass is 261 g/mol. The minimum absolute atomic E-state index is 0.0269. The van der Waals surface area contributed by atoms with Crippen molar-refractivity contribution >= 4 is 23.2 Å². The van der Waals surface area contributed by atoms with E-state index in [2.05, 4.69) is 5.32 Å². The van der Waals surface area contributed by atoms with Gasteiger partial charge < -0.3 is 20.7 Å². The van der Waals surface area contributed by atoms with Crippen molar-refractivity contribution in [2.75, 3.05) is 30.0 Å². The molecule has 0 radical (unpaired) electrons. The molecule has 0 bridgehead atoms. The van der Waals surface area contributed by atoms with E-state index in [0.29, 0.717) is 24.6 Å². The van der Waals surface area contributed by atoms with Crippen LogP contribution >= 0.6 is 0 Å². The molecule has 2 unspecified atom stereocenters. The zero-order valence-corrected chi connectivity index (χ0v) is 10.3. The number of benzene rings is 1. The molecule has 0 saturated carbocycles. The fourth-order valence-corrected chi connectivity index (χ4v) is 2.46. The van der Waals surface area contributed by atoms with E-state index in [1.54, 1.807) is 6.07 Å². The maximum absolute atomic E-state index is 12.5. The number of anilines is 2. The second-order valence-corrected chi connectivity index (χ2v) is 4.80. The first-order chi connectivity index (χ1) is 9.16. The summed E-state index contributed by atoms with van der Waals surface area (Å²) in [6.07, 6.45) is 0. The van der Waals surface area contributed by atoms with Crippen molar-refractivity contribution in [3.63, 3.8) is 0 Å². The Hall–Kier alpha value is -1.92. The van der Waals surface area contributed by atoms with Crippen LogP contribution in [0, 0.1) is 5.92 Å². The lowest BCUT2D eigenvalue weighted by Crippen LogP contribution is -2.48. The average molecular weight is 261 g/mol. The number of fused-ring (bicyclic) bond motifs is 1. The SMILES string of the molecule is NC1COCC1C(=O)N1CC(=O)Nc2ccccc21. The van der Waals surface area contributed by atoms with E-state index in [4.69, 9.17) is 10.5 Å². The topological polar surface area (TPSA) is 84.7 Å². The van der Waals surface area contributed by atoms with Crippen LogP contribution in [0.4, 0.5) is 11.4 Å². The molecule has 2 aliphatic rings. The third kappa shape index (κ3) is 2.09. The predicted octanol–water partition coefficient (Wildman–Crippen LogP) is -0.0546. The van der Waals surface area contributed by atoms with E-state index in [1.807, 2.05) is 18.2 Å². The molecule has 0 aromatic heterocycles. The van der Waals surface area contributed by atoms with E-state index >= 15 is 0 Å². The summed E-state index contributed by atoms with van der Waals surface area (Å²) in [7, 11) is 0. The van der Waals surface area contributed by atoms with Crippen LogP contribution < -0.4 is 16.0 Å². The zero-order chi connectivity index (χ0) is 13.4. The fraction of sp³-hybridized carbons (Fsp3) is 0.385. The lowest BCUT2D eigenvalue weighted by atomic mass is 10.0. The van der Waals surface area contributed by atoms with E-state index in [0.717, 1.165) is 0 Å². The molecule has 1 aromatic rings. The van der Waals surface area contributed by atoms with Gasteiger partial charge in [-0.05, 0) is 12.1 Å². The zero-order valence-electron chi connectivity index (χ0n) is 10.3. The van der Waals surface area contributed by atoms with Gasteiger partial charge >= 0.3 is 0 Å². The molecule has 1 fully saturated rings. The van der Waals surface area contributed by atoms with E-state index in [-0.39, 0.29) is 30.3 Å². The average Bonchev–Trinajstić information content (AvgIpc) is 2.83. The number of carbonyl (C=O) groups is 2. The molecule has 3 rings (SSSR count). The lowest BCUT2D eigenvalue weighted by molar-refractivity contribution is -0.124. The number of nitrogens with zero attached hydrogens (tertiary/aromatic N) is 1. The Balaban J connectivity index is 1.92. The van der Waals surface area contributed by atoms with Crippen LogP contribution in [0.2, 0.25) is 0 Å². The molecule has 2 atom stereocenters. The van der Waals surface area contributed by atoms with Gasteiger partial charge in [-0.25, -0.2) is 0 Å². The molecule has 0 aliphatic carbocycles. The van der Waals surface area contributed by atoms with Gasteiger partial charge in [0.2, 0.25) is 11.8 Å². The predicted molar refractivity (Wildman–Crippen MR) is 69.7 cm³/mol. The van der Waals surface area contributed by atoms with Gasteiger partial charge in [0.1, 0.15) is 6.54 Å². The number of nitrogens with one attached hydrogen (secondary N) is 1. The van der Waals surface area contributed by atoms with Gasteiger partial charge in [0.15, 0.2) is 0 Å². The molecular weight excluding hydrogens is 246 g/mol. The second-order valence-electron chi connectivity index (χ2n) is 4.80. The van der Waals surface area contributed by atoms with Gasteiger partial charge in [-0.1, -0.05) is 12.1 Å². The standard InChI is InChI=1S/C13H15N3O3/c14-9-7-19-6-8(9)13(18)16-5-12(17)15-10-3-1-2-4-11(10)16/h1-4,8-9H,5-7,14H2,(H,15,17). The Labute approximate surface area is 110 Å². The Morgan fingerprint density at radius 3 is 2.89 bits per heavy atom. The van der Waals surface area contributed by atoms with Crippen molar-refractivity contribution in [1.82, 2.24) is 0 Å². The van der Waals surface area contributed by atoms with Gasteiger partial charge in [0, 0.05) is 6.04 Å². The number of ether oxygens (including phenoxy) is 1. The normalized spacial score (nSPS) is 25.9. The first kappa shape index (κ1) is 12.1. The quantitative estimate of drug-likeness (QED) is 0.742. The molecule has 3 N–H and O–H groups in total. The van der Waals surface area contributed by atoms with E-state index in [9.17, 15) is 9.59 Å². The highest BCUT2D eigenvalue weighted by Gasteiger charge is 2.37. The smallest absolute Gasteiger partial charge is 0.244 e. The number of amides is 2. The number of carbonyl (C=O) groups excluding carboxylic acids is 2. The molecule has 19 heavy (non-hydrogen) atoms. The number of nitrogens with two attached hydrogens (primary N) is 1. The number of hydrogen-bond donors (Lipinski definition) is 2. The van der Waals surface area contributed by atoms with Crippen LogP contribution in [0.1, 0.15) is 0 Å². The number of rotatable bonds is 1. The van der Waals surface area contributed by atoms with Crippen LogP contribution in [-0.4, -0.2) is 37.6 Å². The largest absolute Gasteiger partial charge is 0.379 e. The first-order valence-electron chi connectivity index (χ1n) is 6.20. The molecule has 2 amide bonds. The van der Waals surface area contributed by atoms with Crippen LogP contribution in [0.5, 0.6) is 0 Å². The van der Waals surface area contributed by atoms with Crippen LogP contribution in [-0.2, 0) is 14.3 Å². The summed E-state index contributed by atoms with van der Waals surface area (Å²) in [5, 5.41) is 2.75. The fourth-order valence-electron chi connectivity index (χ4n) is 2.46. The van der Waals surface area contributed by atoms with Crippen molar-refractivity contribution in [1.29, 1.82) is 0 Å². The highest BCUT2D eigenvalue weighted by molar-refractivity contribution is 6.10. The van der Waals surface area contributed by atoms with Gasteiger partial charge in [-0.2, -0.15) is 0 Å². The highest BCUT2D eigenvalue weighted by Crippen LogP contribution is 2.30. The van der Waals surface area contributed by atoms with Crippen molar-refractivity contribution in [3.05, 3.63) is 24.3 Å². The van der Waals surface area contributed by atoms with E-state index in [1.165, 1.54) is 4.90 Å². The molecule has 2 heterocycles. The van der Waals surface area contributed by atoms with Gasteiger partial charge in [-0.15, -0.1) is 0 Å². The number of para-hydroxylation sites is 2. The molecule has 6 nitrogen and oxygen atoms in total. The first-order valence-corrected chi connectivity index (χ1v) is 6.20. The maximum Gasteiger partial charge on any atom is 0.244 e. The van der Waals surface area contributed by atoms with Gasteiger partial charge in [0.05, 0.1) is 30.5 Å². The summed E-state index contributed by atoms with van der Waals surface area (Å²) in [6.45, 7) is 0.734. The molecule has 1 saturated heterocycles. The highest BCUT2D eigenvalue weighted by atomic mass is 16.5. The molecule has 6 heteroatoms. The molecule has 1 aromatic carbocycles. The van der Waals surface area contributed by atoms with Crippen molar-refractivity contribution in [2.45, 2.75) is 6.04 Å². The van der Waals surface area contributed by atoms with Crippen LogP contribution in [0.25, 0.3) is 0 Å². The Bertz CT molecular complexity index is 532. The molecule has 100 valence electrons. The Morgan fingerprint density at radius 1 is 1.37 bits per heavy atom. The van der Waals surface area contributed by atoms with Crippen molar-refractivity contribution in [2.24, 2.45) is 11.7 Å². The van der Waals surface area contributed by atoms with Gasteiger partial charge in [0.25, 0.3) is 0 Å².